The molecule has 6 N–H and O–H groups in total. The summed E-state index contributed by atoms with van der Waals surface area (Å²) in [7, 11) is 1.77. The summed E-state index contributed by atoms with van der Waals surface area (Å²) in [5, 5.41) is 16.5. The van der Waals surface area contributed by atoms with Crippen molar-refractivity contribution in [2.75, 3.05) is 18.1 Å². The third kappa shape index (κ3) is 3.19. The number of nitrogens with one attached hydrogen (secondary N) is 2. The topological polar surface area (TPSA) is 114 Å². The molecule has 0 aliphatic carbocycles. The van der Waals surface area contributed by atoms with E-state index in [0.29, 0.717) is 21.5 Å². The highest BCUT2D eigenvalue weighted by Crippen LogP contribution is 2.21. The highest BCUT2D eigenvalue weighted by atomic mass is 32.1. The van der Waals surface area contributed by atoms with E-state index in [0.717, 1.165) is 5.56 Å². The second kappa shape index (κ2) is 6.26. The second-order valence-corrected chi connectivity index (χ2v) is 5.10. The van der Waals surface area contributed by atoms with Gasteiger partial charge in [-0.1, -0.05) is 29.5 Å². The molecule has 2 aromatic rings. The number of rotatable bonds is 4. The maximum Gasteiger partial charge on any atom is 0.205 e. The Morgan fingerprint density at radius 1 is 1.35 bits per heavy atom. The van der Waals surface area contributed by atoms with E-state index in [1.165, 1.54) is 11.3 Å². The molecule has 20 heavy (non-hydrogen) atoms. The zero-order valence-corrected chi connectivity index (χ0v) is 12.3. The number of aromatic nitrogens is 2. The predicted molar refractivity (Wildman–Crippen MR) is 85.9 cm³/mol. The van der Waals surface area contributed by atoms with Crippen LogP contribution in [0.3, 0.4) is 0 Å². The van der Waals surface area contributed by atoms with E-state index < -0.39 is 0 Å². The van der Waals surface area contributed by atoms with Crippen LogP contribution in [0.5, 0.6) is 0 Å². The van der Waals surface area contributed by atoms with Gasteiger partial charge >= 0.3 is 0 Å². The van der Waals surface area contributed by atoms with Crippen molar-refractivity contribution in [2.24, 2.45) is 10.8 Å². The van der Waals surface area contributed by atoms with Crippen molar-refractivity contribution in [3.05, 3.63) is 34.8 Å². The standard InChI is InChI=1S/C11H13N7S2/c1-14-11-18-16-9(20-11)8(15-17-10(13)19)6-4-2-3-5-7(6)12/h2-5H,12H2,1H3,(H,14,18)(H3,13,17,19)/b15-8-. The summed E-state index contributed by atoms with van der Waals surface area (Å²) in [6.07, 6.45) is 0. The molecule has 0 saturated carbocycles. The van der Waals surface area contributed by atoms with E-state index in [1.807, 2.05) is 18.2 Å². The normalized spacial score (nSPS) is 11.2. The van der Waals surface area contributed by atoms with Gasteiger partial charge in [0, 0.05) is 18.3 Å². The van der Waals surface area contributed by atoms with E-state index >= 15 is 0 Å². The Labute approximate surface area is 125 Å². The summed E-state index contributed by atoms with van der Waals surface area (Å²) in [5.74, 6) is 0. The van der Waals surface area contributed by atoms with Crippen molar-refractivity contribution >= 4 is 45.2 Å². The highest BCUT2D eigenvalue weighted by Gasteiger charge is 2.15. The van der Waals surface area contributed by atoms with Crippen LogP contribution in [0.15, 0.2) is 29.4 Å². The molecule has 0 fully saturated rings. The lowest BCUT2D eigenvalue weighted by Crippen LogP contribution is -2.26. The van der Waals surface area contributed by atoms with E-state index in [-0.39, 0.29) is 5.11 Å². The molecule has 0 aliphatic heterocycles. The molecule has 9 heteroatoms. The van der Waals surface area contributed by atoms with Crippen LogP contribution in [-0.2, 0) is 0 Å². The van der Waals surface area contributed by atoms with Gasteiger partial charge in [0.25, 0.3) is 0 Å². The van der Waals surface area contributed by atoms with Crippen LogP contribution < -0.4 is 22.2 Å². The van der Waals surface area contributed by atoms with Gasteiger partial charge in [-0.2, -0.15) is 5.10 Å². The maximum atomic E-state index is 5.97. The summed E-state index contributed by atoms with van der Waals surface area (Å²) in [6, 6.07) is 7.33. The van der Waals surface area contributed by atoms with Crippen LogP contribution in [0.4, 0.5) is 10.8 Å². The largest absolute Gasteiger partial charge is 0.398 e. The Hall–Kier alpha value is -2.26. The Bertz CT molecular complexity index is 650. The fourth-order valence-corrected chi connectivity index (χ4v) is 2.21. The number of nitrogen functional groups attached to an aromatic ring is 1. The number of para-hydroxylation sites is 1. The molecule has 0 bridgehead atoms. The molecule has 0 radical (unpaired) electrons. The quantitative estimate of drug-likeness (QED) is 0.285. The first-order valence-electron chi connectivity index (χ1n) is 5.61. The molecule has 0 atom stereocenters. The monoisotopic (exact) mass is 307 g/mol. The lowest BCUT2D eigenvalue weighted by molar-refractivity contribution is 1.02. The van der Waals surface area contributed by atoms with E-state index in [4.69, 9.17) is 23.7 Å². The SMILES string of the molecule is CNc1nnc(/C(=N\NC(N)=S)c2ccccc2N)s1. The van der Waals surface area contributed by atoms with Crippen molar-refractivity contribution in [2.45, 2.75) is 0 Å². The molecular formula is C11H13N7S2. The molecule has 0 aliphatic rings. The zero-order valence-electron chi connectivity index (χ0n) is 10.6. The van der Waals surface area contributed by atoms with Crippen LogP contribution in [0.1, 0.15) is 10.6 Å². The summed E-state index contributed by atoms with van der Waals surface area (Å²) < 4.78 is 0. The van der Waals surface area contributed by atoms with E-state index in [1.54, 1.807) is 13.1 Å². The lowest BCUT2D eigenvalue weighted by atomic mass is 10.1. The van der Waals surface area contributed by atoms with Crippen molar-refractivity contribution in [1.82, 2.24) is 15.6 Å². The van der Waals surface area contributed by atoms with Gasteiger partial charge in [-0.25, -0.2) is 0 Å². The number of thiocarbonyl (C=S) groups is 1. The second-order valence-electron chi connectivity index (χ2n) is 3.69. The van der Waals surface area contributed by atoms with Crippen LogP contribution in [-0.4, -0.2) is 28.1 Å². The number of hydrogen-bond donors (Lipinski definition) is 4. The molecule has 0 spiro atoms. The summed E-state index contributed by atoms with van der Waals surface area (Å²) in [4.78, 5) is 0. The summed E-state index contributed by atoms with van der Waals surface area (Å²) >= 11 is 6.11. The van der Waals surface area contributed by atoms with Crippen molar-refractivity contribution in [3.8, 4) is 0 Å². The Morgan fingerprint density at radius 3 is 2.70 bits per heavy atom. The van der Waals surface area contributed by atoms with Gasteiger partial charge in [0.1, 0.15) is 5.71 Å². The molecule has 7 nitrogen and oxygen atoms in total. The third-order valence-corrected chi connectivity index (χ3v) is 3.37. The van der Waals surface area contributed by atoms with Gasteiger partial charge in [-0.3, -0.25) is 5.43 Å². The first-order valence-corrected chi connectivity index (χ1v) is 6.84. The minimum absolute atomic E-state index is 0.0651. The Kier molecular flexibility index (Phi) is 4.43. The highest BCUT2D eigenvalue weighted by molar-refractivity contribution is 7.80. The molecule has 1 heterocycles. The van der Waals surface area contributed by atoms with E-state index in [2.05, 4.69) is 26.0 Å². The van der Waals surface area contributed by atoms with Crippen LogP contribution in [0.25, 0.3) is 0 Å². The van der Waals surface area contributed by atoms with E-state index in [9.17, 15) is 0 Å². The fraction of sp³-hybridized carbons (Fsp3) is 0.0909. The molecule has 0 amide bonds. The first-order chi connectivity index (χ1) is 9.61. The molecule has 0 unspecified atom stereocenters. The molecule has 1 aromatic carbocycles. The Balaban J connectivity index is 2.47. The number of nitrogens with two attached hydrogens (primary N) is 2. The van der Waals surface area contributed by atoms with Crippen molar-refractivity contribution in [3.63, 3.8) is 0 Å². The molecule has 104 valence electrons. The molecular weight excluding hydrogens is 294 g/mol. The van der Waals surface area contributed by atoms with Gasteiger partial charge in [0.15, 0.2) is 10.1 Å². The summed E-state index contributed by atoms with van der Waals surface area (Å²) in [6.45, 7) is 0. The maximum absolute atomic E-state index is 5.97. The molecule has 1 aromatic heterocycles. The minimum atomic E-state index is 0.0651. The fourth-order valence-electron chi connectivity index (χ4n) is 1.47. The number of hydrazone groups is 1. The third-order valence-electron chi connectivity index (χ3n) is 2.34. The van der Waals surface area contributed by atoms with Crippen LogP contribution in [0.2, 0.25) is 0 Å². The minimum Gasteiger partial charge on any atom is -0.398 e. The number of anilines is 2. The van der Waals surface area contributed by atoms with Gasteiger partial charge in [-0.05, 0) is 18.3 Å². The van der Waals surface area contributed by atoms with Crippen LogP contribution >= 0.6 is 23.6 Å². The van der Waals surface area contributed by atoms with Crippen LogP contribution in [0, 0.1) is 0 Å². The molecule has 2 rings (SSSR count). The average Bonchev–Trinajstić information content (AvgIpc) is 2.89. The number of nitrogens with zero attached hydrogens (tertiary/aromatic N) is 3. The lowest BCUT2D eigenvalue weighted by Gasteiger charge is -2.06. The Morgan fingerprint density at radius 2 is 2.10 bits per heavy atom. The predicted octanol–water partition coefficient (Wildman–Crippen LogP) is 0.748. The van der Waals surface area contributed by atoms with Gasteiger partial charge in [-0.15, -0.1) is 10.2 Å². The van der Waals surface area contributed by atoms with Gasteiger partial charge < -0.3 is 16.8 Å². The summed E-state index contributed by atoms with van der Waals surface area (Å²) in [5.41, 5.74) is 15.8. The van der Waals surface area contributed by atoms with Crippen molar-refractivity contribution in [1.29, 1.82) is 0 Å². The van der Waals surface area contributed by atoms with Crippen molar-refractivity contribution < 1.29 is 0 Å². The smallest absolute Gasteiger partial charge is 0.205 e. The number of benzene rings is 1. The van der Waals surface area contributed by atoms with Gasteiger partial charge in [0.2, 0.25) is 5.13 Å². The number of hydrogen-bond acceptors (Lipinski definition) is 7. The first kappa shape index (κ1) is 14.2. The van der Waals surface area contributed by atoms with Gasteiger partial charge in [0.05, 0.1) is 0 Å². The zero-order chi connectivity index (χ0) is 14.5. The average molecular weight is 307 g/mol. The molecule has 0 saturated heterocycles.